The van der Waals surface area contributed by atoms with Gasteiger partial charge in [0.15, 0.2) is 0 Å². The first-order valence-electron chi connectivity index (χ1n) is 5.03. The van der Waals surface area contributed by atoms with Gasteiger partial charge in [0.25, 0.3) is 0 Å². The maximum absolute atomic E-state index is 5.19. The Bertz CT molecular complexity index is 449. The molecule has 0 unspecified atom stereocenters. The summed E-state index contributed by atoms with van der Waals surface area (Å²) in [5.41, 5.74) is 0.659. The molecule has 1 saturated carbocycles. The van der Waals surface area contributed by atoms with Gasteiger partial charge in [-0.2, -0.15) is 4.98 Å². The van der Waals surface area contributed by atoms with Crippen molar-refractivity contribution in [1.29, 1.82) is 0 Å². The second-order valence-corrected chi connectivity index (χ2v) is 3.67. The predicted octanol–water partition coefficient (Wildman–Crippen LogP) is 1.79. The molecule has 1 aliphatic carbocycles. The van der Waals surface area contributed by atoms with Crippen LogP contribution in [0.3, 0.4) is 0 Å². The van der Waals surface area contributed by atoms with Gasteiger partial charge in [0.1, 0.15) is 5.69 Å². The van der Waals surface area contributed by atoms with E-state index in [-0.39, 0.29) is 0 Å². The molecule has 0 N–H and O–H groups in total. The van der Waals surface area contributed by atoms with Gasteiger partial charge in [-0.1, -0.05) is 11.6 Å². The van der Waals surface area contributed by atoms with E-state index in [1.165, 1.54) is 6.42 Å². The molecule has 1 fully saturated rings. The van der Waals surface area contributed by atoms with Crippen LogP contribution >= 0.6 is 0 Å². The fraction of sp³-hybridized carbons (Fsp3) is 0.400. The third-order valence-electron chi connectivity index (χ3n) is 2.69. The van der Waals surface area contributed by atoms with Crippen molar-refractivity contribution in [2.75, 3.05) is 0 Å². The number of aromatic nitrogens is 4. The molecule has 76 valence electrons. The Balaban J connectivity index is 1.90. The summed E-state index contributed by atoms with van der Waals surface area (Å²) in [6.07, 6.45) is 8.44. The van der Waals surface area contributed by atoms with Crippen molar-refractivity contribution in [2.24, 2.45) is 0 Å². The maximum atomic E-state index is 5.19. The quantitative estimate of drug-likeness (QED) is 0.742. The van der Waals surface area contributed by atoms with Crippen LogP contribution in [0.5, 0.6) is 0 Å². The summed E-state index contributed by atoms with van der Waals surface area (Å²) in [6.45, 7) is 0. The Morgan fingerprint density at radius 1 is 1.27 bits per heavy atom. The topological polar surface area (TPSA) is 64.7 Å². The van der Waals surface area contributed by atoms with Crippen molar-refractivity contribution in [2.45, 2.75) is 25.2 Å². The molecule has 15 heavy (non-hydrogen) atoms. The molecule has 2 heterocycles. The molecule has 0 saturated heterocycles. The van der Waals surface area contributed by atoms with Gasteiger partial charge < -0.3 is 4.52 Å². The van der Waals surface area contributed by atoms with E-state index in [0.29, 0.717) is 17.4 Å². The van der Waals surface area contributed by atoms with Crippen LogP contribution in [-0.2, 0) is 0 Å². The van der Waals surface area contributed by atoms with Crippen LogP contribution in [0.1, 0.15) is 31.1 Å². The molecule has 0 spiro atoms. The third kappa shape index (κ3) is 1.49. The van der Waals surface area contributed by atoms with Crippen molar-refractivity contribution >= 4 is 0 Å². The highest BCUT2D eigenvalue weighted by molar-refractivity contribution is 5.45. The highest BCUT2D eigenvalue weighted by Crippen LogP contribution is 2.35. The molecule has 2 aromatic rings. The molecule has 0 radical (unpaired) electrons. The van der Waals surface area contributed by atoms with Gasteiger partial charge in [-0.15, -0.1) is 0 Å². The second kappa shape index (κ2) is 3.42. The van der Waals surface area contributed by atoms with Crippen molar-refractivity contribution in [3.63, 3.8) is 0 Å². The van der Waals surface area contributed by atoms with Crippen LogP contribution in [0, 0.1) is 0 Å². The summed E-state index contributed by atoms with van der Waals surface area (Å²) in [7, 11) is 0. The standard InChI is InChI=1S/C10H10N4O/c1-2-7(3-1)10-13-9(14-15-10)8-6-11-4-5-12-8/h4-7H,1-3H2. The van der Waals surface area contributed by atoms with Crippen LogP contribution in [0.2, 0.25) is 0 Å². The smallest absolute Gasteiger partial charge is 0.230 e. The molecule has 5 nitrogen and oxygen atoms in total. The Labute approximate surface area is 86.6 Å². The Morgan fingerprint density at radius 2 is 2.20 bits per heavy atom. The molecular weight excluding hydrogens is 192 g/mol. The number of hydrogen-bond donors (Lipinski definition) is 0. The van der Waals surface area contributed by atoms with Crippen LogP contribution in [0.15, 0.2) is 23.1 Å². The van der Waals surface area contributed by atoms with Crippen molar-refractivity contribution < 1.29 is 4.52 Å². The van der Waals surface area contributed by atoms with Gasteiger partial charge in [0.05, 0.1) is 6.20 Å². The first-order chi connectivity index (χ1) is 7.43. The van der Waals surface area contributed by atoms with E-state index >= 15 is 0 Å². The van der Waals surface area contributed by atoms with Crippen LogP contribution < -0.4 is 0 Å². The summed E-state index contributed by atoms with van der Waals surface area (Å²) in [4.78, 5) is 12.4. The minimum absolute atomic E-state index is 0.461. The zero-order valence-electron chi connectivity index (χ0n) is 8.13. The first kappa shape index (κ1) is 8.52. The number of hydrogen-bond acceptors (Lipinski definition) is 5. The monoisotopic (exact) mass is 202 g/mol. The van der Waals surface area contributed by atoms with Crippen molar-refractivity contribution in [3.8, 4) is 11.5 Å². The number of rotatable bonds is 2. The van der Waals surface area contributed by atoms with Crippen LogP contribution in [-0.4, -0.2) is 20.1 Å². The molecule has 0 aliphatic heterocycles. The van der Waals surface area contributed by atoms with E-state index in [0.717, 1.165) is 18.7 Å². The minimum atomic E-state index is 0.461. The lowest BCUT2D eigenvalue weighted by Gasteiger charge is -2.20. The first-order valence-corrected chi connectivity index (χ1v) is 5.03. The van der Waals surface area contributed by atoms with E-state index in [1.54, 1.807) is 18.6 Å². The highest BCUT2D eigenvalue weighted by atomic mass is 16.5. The van der Waals surface area contributed by atoms with Gasteiger partial charge in [0.2, 0.25) is 11.7 Å². The molecule has 0 amide bonds. The van der Waals surface area contributed by atoms with Crippen LogP contribution in [0.4, 0.5) is 0 Å². The zero-order valence-corrected chi connectivity index (χ0v) is 8.13. The molecule has 2 aromatic heterocycles. The molecular formula is C10H10N4O. The molecule has 0 atom stereocenters. The summed E-state index contributed by atoms with van der Waals surface area (Å²) in [5.74, 6) is 1.73. The van der Waals surface area contributed by atoms with E-state index in [4.69, 9.17) is 4.52 Å². The minimum Gasteiger partial charge on any atom is -0.339 e. The Hall–Kier alpha value is -1.78. The largest absolute Gasteiger partial charge is 0.339 e. The average Bonchev–Trinajstić information content (AvgIpc) is 2.66. The zero-order chi connectivity index (χ0) is 10.1. The van der Waals surface area contributed by atoms with E-state index in [9.17, 15) is 0 Å². The van der Waals surface area contributed by atoms with Gasteiger partial charge in [-0.3, -0.25) is 4.98 Å². The van der Waals surface area contributed by atoms with Gasteiger partial charge in [0, 0.05) is 18.3 Å². The summed E-state index contributed by atoms with van der Waals surface area (Å²) < 4.78 is 5.19. The van der Waals surface area contributed by atoms with Crippen LogP contribution in [0.25, 0.3) is 11.5 Å². The highest BCUT2D eigenvalue weighted by Gasteiger charge is 2.25. The van der Waals surface area contributed by atoms with Gasteiger partial charge >= 0.3 is 0 Å². The molecule has 0 bridgehead atoms. The van der Waals surface area contributed by atoms with E-state index in [2.05, 4.69) is 20.1 Å². The van der Waals surface area contributed by atoms with E-state index < -0.39 is 0 Å². The lowest BCUT2D eigenvalue weighted by atomic mass is 9.85. The van der Waals surface area contributed by atoms with Crippen molar-refractivity contribution in [1.82, 2.24) is 20.1 Å². The molecule has 5 heteroatoms. The van der Waals surface area contributed by atoms with Crippen molar-refractivity contribution in [3.05, 3.63) is 24.5 Å². The molecule has 0 aromatic carbocycles. The lowest BCUT2D eigenvalue weighted by molar-refractivity contribution is 0.292. The third-order valence-corrected chi connectivity index (χ3v) is 2.69. The predicted molar refractivity (Wildman–Crippen MR) is 51.9 cm³/mol. The van der Waals surface area contributed by atoms with Gasteiger partial charge in [-0.25, -0.2) is 4.98 Å². The lowest BCUT2D eigenvalue weighted by Crippen LogP contribution is -2.08. The fourth-order valence-corrected chi connectivity index (χ4v) is 1.57. The SMILES string of the molecule is c1cnc(-c2noc(C3CCC3)n2)cn1. The molecule has 1 aliphatic rings. The van der Waals surface area contributed by atoms with E-state index in [1.807, 2.05) is 0 Å². The second-order valence-electron chi connectivity index (χ2n) is 3.67. The molecule has 3 rings (SSSR count). The fourth-order valence-electron chi connectivity index (χ4n) is 1.57. The normalized spacial score (nSPS) is 16.3. The summed E-state index contributed by atoms with van der Waals surface area (Å²) in [5, 5.41) is 3.90. The summed E-state index contributed by atoms with van der Waals surface area (Å²) >= 11 is 0. The number of nitrogens with zero attached hydrogens (tertiary/aromatic N) is 4. The van der Waals surface area contributed by atoms with Gasteiger partial charge in [-0.05, 0) is 12.8 Å². The Morgan fingerprint density at radius 3 is 2.87 bits per heavy atom. The Kier molecular flexibility index (Phi) is 1.94. The average molecular weight is 202 g/mol. The maximum Gasteiger partial charge on any atom is 0.230 e. The summed E-state index contributed by atoms with van der Waals surface area (Å²) in [6, 6.07) is 0.